The molecule has 5 nitrogen and oxygen atoms in total. The summed E-state index contributed by atoms with van der Waals surface area (Å²) in [5, 5.41) is 3.99. The largest absolute Gasteiger partial charge is 0.459 e. The molecular weight excluding hydrogens is 491 g/mol. The number of rotatable bonds is 5. The lowest BCUT2D eigenvalue weighted by Crippen LogP contribution is -2.29. The van der Waals surface area contributed by atoms with E-state index in [1.54, 1.807) is 30.6 Å². The van der Waals surface area contributed by atoms with E-state index in [1.165, 1.54) is 6.07 Å². The monoisotopic (exact) mass is 508 g/mol. The van der Waals surface area contributed by atoms with Crippen LogP contribution in [0.4, 0.5) is 4.39 Å². The zero-order valence-corrected chi connectivity index (χ0v) is 19.2. The third kappa shape index (κ3) is 4.03. The van der Waals surface area contributed by atoms with Crippen LogP contribution in [0, 0.1) is 5.82 Å². The quantitative estimate of drug-likeness (QED) is 0.343. The number of nitrogens with zero attached hydrogens (tertiary/aromatic N) is 3. The Morgan fingerprint density at radius 3 is 2.75 bits per heavy atom. The van der Waals surface area contributed by atoms with Gasteiger partial charge in [-0.05, 0) is 66.3 Å². The van der Waals surface area contributed by atoms with Gasteiger partial charge in [0.25, 0.3) is 0 Å². The zero-order chi connectivity index (χ0) is 22.1. The van der Waals surface area contributed by atoms with E-state index in [4.69, 9.17) is 16.6 Å². The Morgan fingerprint density at radius 1 is 1.09 bits per heavy atom. The Labute approximate surface area is 198 Å². The molecule has 0 spiro atoms. The van der Waals surface area contributed by atoms with Crippen LogP contribution in [0.15, 0.2) is 88.1 Å². The van der Waals surface area contributed by atoms with Crippen LogP contribution in [0.1, 0.15) is 29.1 Å². The van der Waals surface area contributed by atoms with Crippen LogP contribution >= 0.6 is 28.1 Å². The molecule has 2 unspecified atom stereocenters. The van der Waals surface area contributed by atoms with Gasteiger partial charge in [-0.15, -0.1) is 0 Å². The molecule has 1 N–H and O–H groups in total. The lowest BCUT2D eigenvalue weighted by atomic mass is 10.0. The van der Waals surface area contributed by atoms with Gasteiger partial charge in [0.15, 0.2) is 5.11 Å². The van der Waals surface area contributed by atoms with Gasteiger partial charge in [0.2, 0.25) is 0 Å². The predicted molar refractivity (Wildman–Crippen MR) is 127 cm³/mol. The summed E-state index contributed by atoms with van der Waals surface area (Å²) in [4.78, 5) is 10.8. The van der Waals surface area contributed by atoms with E-state index < -0.39 is 0 Å². The molecule has 1 aromatic carbocycles. The van der Waals surface area contributed by atoms with Gasteiger partial charge in [-0.3, -0.25) is 9.97 Å². The summed E-state index contributed by atoms with van der Waals surface area (Å²) in [5.74, 6) is 0.784. The summed E-state index contributed by atoms with van der Waals surface area (Å²) in [6.07, 6.45) is 5.31. The highest BCUT2D eigenvalue weighted by Gasteiger charge is 2.41. The molecule has 0 radical (unpaired) electrons. The smallest absolute Gasteiger partial charge is 0.170 e. The predicted octanol–water partition coefficient (Wildman–Crippen LogP) is 5.81. The Hall–Kier alpha value is -3.10. The Kier molecular flexibility index (Phi) is 5.71. The highest BCUT2D eigenvalue weighted by atomic mass is 79.9. The molecule has 32 heavy (non-hydrogen) atoms. The van der Waals surface area contributed by atoms with Gasteiger partial charge < -0.3 is 14.6 Å². The van der Waals surface area contributed by atoms with Gasteiger partial charge in [0, 0.05) is 29.6 Å². The topological polar surface area (TPSA) is 54.2 Å². The number of halogens is 2. The Bertz CT molecular complexity index is 1250. The number of thiocarbonyl (C=S) groups is 1. The molecule has 3 aromatic heterocycles. The van der Waals surface area contributed by atoms with Gasteiger partial charge in [-0.25, -0.2) is 4.39 Å². The molecule has 4 heterocycles. The number of benzene rings is 1. The van der Waals surface area contributed by atoms with Crippen molar-refractivity contribution in [1.82, 2.24) is 20.2 Å². The number of hydrogen-bond acceptors (Lipinski definition) is 4. The van der Waals surface area contributed by atoms with Crippen LogP contribution < -0.4 is 5.32 Å². The van der Waals surface area contributed by atoms with E-state index in [-0.39, 0.29) is 17.9 Å². The number of hydrogen-bond donors (Lipinski definition) is 1. The minimum absolute atomic E-state index is 0.214. The van der Waals surface area contributed by atoms with Gasteiger partial charge in [0.05, 0.1) is 17.3 Å². The standard InChI is InChI=1S/C24H18BrFN4OS/c25-16-6-7-17(18(26)12-16)20-8-9-21(31-20)23-22(19-5-1-2-11-28-19)29-24(32)30(23)14-15-4-3-10-27-13-15/h1-13,22-23H,14H2,(H,29,32). The van der Waals surface area contributed by atoms with E-state index in [9.17, 15) is 4.39 Å². The van der Waals surface area contributed by atoms with Crippen molar-refractivity contribution in [3.8, 4) is 11.3 Å². The number of furan rings is 1. The third-order valence-corrected chi connectivity index (χ3v) is 6.23. The fourth-order valence-electron chi connectivity index (χ4n) is 3.92. The van der Waals surface area contributed by atoms with Crippen LogP contribution in [0.5, 0.6) is 0 Å². The number of pyridine rings is 2. The molecule has 5 rings (SSSR count). The molecule has 1 aliphatic heterocycles. The normalized spacial score (nSPS) is 18.1. The molecule has 1 saturated heterocycles. The van der Waals surface area contributed by atoms with Gasteiger partial charge in [-0.2, -0.15) is 0 Å². The summed E-state index contributed by atoms with van der Waals surface area (Å²) in [6.45, 7) is 0.552. The van der Waals surface area contributed by atoms with E-state index in [1.807, 2.05) is 42.6 Å². The third-order valence-electron chi connectivity index (χ3n) is 5.39. The molecular formula is C24H18BrFN4OS. The Balaban J connectivity index is 1.55. The van der Waals surface area contributed by atoms with Crippen LogP contribution in [-0.2, 0) is 6.54 Å². The summed E-state index contributed by atoms with van der Waals surface area (Å²) >= 11 is 8.98. The second-order valence-electron chi connectivity index (χ2n) is 7.44. The first-order valence-electron chi connectivity index (χ1n) is 10.0. The molecule has 1 aliphatic rings. The maximum atomic E-state index is 14.5. The van der Waals surface area contributed by atoms with Crippen molar-refractivity contribution in [3.63, 3.8) is 0 Å². The fourth-order valence-corrected chi connectivity index (χ4v) is 4.56. The van der Waals surface area contributed by atoms with E-state index >= 15 is 0 Å². The molecule has 4 aromatic rings. The first kappa shape index (κ1) is 20.8. The SMILES string of the molecule is Fc1cc(Br)ccc1-c1ccc(C2C(c3ccccn3)NC(=S)N2Cc2cccnc2)o1. The molecule has 8 heteroatoms. The van der Waals surface area contributed by atoms with Gasteiger partial charge in [-0.1, -0.05) is 28.1 Å². The second-order valence-corrected chi connectivity index (χ2v) is 8.74. The molecule has 160 valence electrons. The van der Waals surface area contributed by atoms with Crippen LogP contribution in [0.2, 0.25) is 0 Å². The van der Waals surface area contributed by atoms with Crippen LogP contribution in [0.25, 0.3) is 11.3 Å². The van der Waals surface area contributed by atoms with E-state index in [0.29, 0.717) is 33.2 Å². The lowest BCUT2D eigenvalue weighted by Gasteiger charge is -2.26. The first-order chi connectivity index (χ1) is 15.6. The molecule has 0 aliphatic carbocycles. The summed E-state index contributed by atoms with van der Waals surface area (Å²) < 4.78 is 21.4. The lowest BCUT2D eigenvalue weighted by molar-refractivity contribution is 0.268. The Morgan fingerprint density at radius 2 is 2.00 bits per heavy atom. The average molecular weight is 509 g/mol. The highest BCUT2D eigenvalue weighted by Crippen LogP contribution is 2.41. The second kappa shape index (κ2) is 8.80. The maximum absolute atomic E-state index is 14.5. The number of aromatic nitrogens is 2. The molecule has 1 fully saturated rings. The van der Waals surface area contributed by atoms with Gasteiger partial charge in [0.1, 0.15) is 23.4 Å². The van der Waals surface area contributed by atoms with E-state index in [0.717, 1.165) is 11.3 Å². The minimum Gasteiger partial charge on any atom is -0.459 e. The van der Waals surface area contributed by atoms with Crippen molar-refractivity contribution >= 4 is 33.3 Å². The zero-order valence-electron chi connectivity index (χ0n) is 16.8. The van der Waals surface area contributed by atoms with E-state index in [2.05, 4.69) is 36.1 Å². The number of nitrogens with one attached hydrogen (secondary N) is 1. The van der Waals surface area contributed by atoms with Crippen LogP contribution in [0.3, 0.4) is 0 Å². The van der Waals surface area contributed by atoms with Crippen molar-refractivity contribution in [2.24, 2.45) is 0 Å². The summed E-state index contributed by atoms with van der Waals surface area (Å²) in [5.41, 5.74) is 2.27. The molecule has 0 amide bonds. The first-order valence-corrected chi connectivity index (χ1v) is 11.2. The minimum atomic E-state index is -0.353. The molecule has 0 saturated carbocycles. The van der Waals surface area contributed by atoms with Gasteiger partial charge >= 0.3 is 0 Å². The van der Waals surface area contributed by atoms with Crippen molar-refractivity contribution < 1.29 is 8.81 Å². The van der Waals surface area contributed by atoms with Crippen molar-refractivity contribution in [2.45, 2.75) is 18.6 Å². The summed E-state index contributed by atoms with van der Waals surface area (Å²) in [7, 11) is 0. The van der Waals surface area contributed by atoms with Crippen molar-refractivity contribution in [3.05, 3.63) is 107 Å². The van der Waals surface area contributed by atoms with Crippen LogP contribution in [-0.4, -0.2) is 20.0 Å². The summed E-state index contributed by atoms with van der Waals surface area (Å²) in [6, 6.07) is 17.8. The highest BCUT2D eigenvalue weighted by molar-refractivity contribution is 9.10. The fraction of sp³-hybridized carbons (Fsp3) is 0.125. The molecule has 0 bridgehead atoms. The average Bonchev–Trinajstić information content (AvgIpc) is 3.40. The molecule has 2 atom stereocenters. The van der Waals surface area contributed by atoms with Crippen molar-refractivity contribution in [1.29, 1.82) is 0 Å². The van der Waals surface area contributed by atoms with Crippen molar-refractivity contribution in [2.75, 3.05) is 0 Å². The maximum Gasteiger partial charge on any atom is 0.170 e.